The Hall–Kier alpha value is -0.650. The van der Waals surface area contributed by atoms with Gasteiger partial charge in [-0.15, -0.1) is 11.7 Å². The summed E-state index contributed by atoms with van der Waals surface area (Å²) in [4.78, 5) is 12.2. The number of hydrogen-bond donors (Lipinski definition) is 3. The zero-order valence-electron chi connectivity index (χ0n) is 7.56. The topological polar surface area (TPSA) is 55.1 Å². The van der Waals surface area contributed by atoms with E-state index in [1.807, 2.05) is 24.3 Å². The molecule has 1 aromatic carbocycles. The Balaban J connectivity index is 2.62. The zero-order chi connectivity index (χ0) is 10.4. The fraction of sp³-hybridized carbons (Fsp3) is 0.222. The van der Waals surface area contributed by atoms with E-state index in [0.717, 1.165) is 10.6 Å². The lowest BCUT2D eigenvalue weighted by molar-refractivity contribution is -0.116. The van der Waals surface area contributed by atoms with Gasteiger partial charge < -0.3 is 11.1 Å². The van der Waals surface area contributed by atoms with Crippen LogP contribution in [0.3, 0.4) is 0 Å². The van der Waals surface area contributed by atoms with Crippen LogP contribution in [0.15, 0.2) is 29.2 Å². The third kappa shape index (κ3) is 3.61. The van der Waals surface area contributed by atoms with Crippen molar-refractivity contribution in [1.29, 1.82) is 0 Å². The summed E-state index contributed by atoms with van der Waals surface area (Å²) in [5.41, 5.74) is 6.04. The van der Waals surface area contributed by atoms with Crippen molar-refractivity contribution in [2.45, 2.75) is 11.3 Å². The number of anilines is 1. The molecule has 0 heterocycles. The lowest BCUT2D eigenvalue weighted by Gasteiger charge is -2.04. The van der Waals surface area contributed by atoms with Gasteiger partial charge in [0.15, 0.2) is 0 Å². The Morgan fingerprint density at radius 2 is 2.36 bits per heavy atom. The Morgan fingerprint density at radius 1 is 1.57 bits per heavy atom. The molecule has 0 spiro atoms. The molecule has 0 atom stereocenters. The van der Waals surface area contributed by atoms with Gasteiger partial charge in [0.1, 0.15) is 0 Å². The van der Waals surface area contributed by atoms with Gasteiger partial charge in [0.25, 0.3) is 0 Å². The molecule has 1 aromatic rings. The molecular weight excluding hydrogens is 216 g/mol. The van der Waals surface area contributed by atoms with Gasteiger partial charge in [-0.1, -0.05) is 16.9 Å². The number of amides is 1. The van der Waals surface area contributed by atoms with Crippen molar-refractivity contribution in [2.24, 2.45) is 5.73 Å². The lowest BCUT2D eigenvalue weighted by Crippen LogP contribution is -2.16. The molecule has 14 heavy (non-hydrogen) atoms. The van der Waals surface area contributed by atoms with Gasteiger partial charge >= 0.3 is 0 Å². The molecule has 0 aliphatic heterocycles. The van der Waals surface area contributed by atoms with E-state index in [9.17, 15) is 4.79 Å². The van der Waals surface area contributed by atoms with Gasteiger partial charge in [0, 0.05) is 23.5 Å². The van der Waals surface area contributed by atoms with Gasteiger partial charge in [-0.05, 0) is 18.2 Å². The molecule has 76 valence electrons. The first-order valence-corrected chi connectivity index (χ1v) is 6.04. The van der Waals surface area contributed by atoms with Crippen LogP contribution in [0, 0.1) is 0 Å². The van der Waals surface area contributed by atoms with E-state index in [1.165, 1.54) is 10.8 Å². The van der Waals surface area contributed by atoms with Crippen molar-refractivity contribution in [1.82, 2.24) is 0 Å². The molecule has 3 N–H and O–H groups in total. The van der Waals surface area contributed by atoms with Gasteiger partial charge in [0.05, 0.1) is 0 Å². The normalized spacial score (nSPS) is 9.86. The summed E-state index contributed by atoms with van der Waals surface area (Å²) in [6.07, 6.45) is 0.345. The molecule has 0 aliphatic carbocycles. The largest absolute Gasteiger partial charge is 0.330 e. The molecule has 5 heteroatoms. The van der Waals surface area contributed by atoms with E-state index in [-0.39, 0.29) is 5.91 Å². The highest BCUT2D eigenvalue weighted by Gasteiger charge is 2.00. The van der Waals surface area contributed by atoms with Crippen molar-refractivity contribution in [2.75, 3.05) is 11.9 Å². The first-order valence-electron chi connectivity index (χ1n) is 4.17. The smallest absolute Gasteiger partial charge is 0.225 e. The second-order valence-electron chi connectivity index (χ2n) is 2.71. The number of carbonyl (C=O) groups excluding carboxylic acids is 1. The summed E-state index contributed by atoms with van der Waals surface area (Å²) in [6.45, 7) is 0.368. The Morgan fingerprint density at radius 3 is 3.00 bits per heavy atom. The summed E-state index contributed by atoms with van der Waals surface area (Å²) in [6, 6.07) is 7.50. The minimum absolute atomic E-state index is 0.0613. The van der Waals surface area contributed by atoms with Crippen LogP contribution in [0.4, 0.5) is 5.69 Å². The Bertz CT molecular complexity index is 317. The van der Waals surface area contributed by atoms with Crippen molar-refractivity contribution in [3.63, 3.8) is 0 Å². The van der Waals surface area contributed by atoms with Crippen LogP contribution in [-0.2, 0) is 4.79 Å². The van der Waals surface area contributed by atoms with Gasteiger partial charge in [0.2, 0.25) is 5.91 Å². The van der Waals surface area contributed by atoms with Crippen LogP contribution in [0.2, 0.25) is 0 Å². The number of rotatable bonds is 4. The fourth-order valence-corrected chi connectivity index (χ4v) is 1.65. The summed E-state index contributed by atoms with van der Waals surface area (Å²) in [5.74, 6) is -0.0613. The van der Waals surface area contributed by atoms with Crippen molar-refractivity contribution < 1.29 is 4.79 Å². The van der Waals surface area contributed by atoms with Crippen molar-refractivity contribution in [3.8, 4) is 0 Å². The van der Waals surface area contributed by atoms with Gasteiger partial charge in [-0.3, -0.25) is 4.79 Å². The highest BCUT2D eigenvalue weighted by molar-refractivity contribution is 8.68. The average molecular weight is 228 g/mol. The highest BCUT2D eigenvalue weighted by atomic mass is 33.1. The predicted octanol–water partition coefficient (Wildman–Crippen LogP) is 1.91. The standard InChI is InChI=1S/C9H12N2OS2/c10-5-4-9(12)11-7-2-1-3-8(6-7)14-13/h1-3,6,13H,4-5,10H2,(H,11,12). The molecule has 0 unspecified atom stereocenters. The molecule has 1 rings (SSSR count). The summed E-state index contributed by atoms with van der Waals surface area (Å²) < 4.78 is 0. The quantitative estimate of drug-likeness (QED) is 0.545. The summed E-state index contributed by atoms with van der Waals surface area (Å²) in [5, 5.41) is 2.75. The number of carbonyl (C=O) groups is 1. The first-order chi connectivity index (χ1) is 6.76. The third-order valence-electron chi connectivity index (χ3n) is 1.59. The summed E-state index contributed by atoms with van der Waals surface area (Å²) >= 11 is 4.07. The van der Waals surface area contributed by atoms with Crippen LogP contribution in [-0.4, -0.2) is 12.5 Å². The molecule has 0 saturated heterocycles. The maximum absolute atomic E-state index is 11.2. The average Bonchev–Trinajstić information content (AvgIpc) is 2.18. The Kier molecular flexibility index (Phi) is 4.86. The van der Waals surface area contributed by atoms with Crippen molar-refractivity contribution >= 4 is 34.0 Å². The number of nitrogens with two attached hydrogens (primary N) is 1. The van der Waals surface area contributed by atoms with E-state index in [4.69, 9.17) is 5.73 Å². The minimum Gasteiger partial charge on any atom is -0.330 e. The molecule has 0 fully saturated rings. The number of nitrogens with one attached hydrogen (secondary N) is 1. The Labute approximate surface area is 92.3 Å². The van der Waals surface area contributed by atoms with E-state index in [0.29, 0.717) is 13.0 Å². The van der Waals surface area contributed by atoms with Crippen molar-refractivity contribution in [3.05, 3.63) is 24.3 Å². The molecule has 3 nitrogen and oxygen atoms in total. The monoisotopic (exact) mass is 228 g/mol. The van der Waals surface area contributed by atoms with E-state index < -0.39 is 0 Å². The molecular formula is C9H12N2OS2. The number of benzene rings is 1. The molecule has 0 saturated carbocycles. The number of thiol groups is 1. The van der Waals surface area contributed by atoms with Gasteiger partial charge in [-0.25, -0.2) is 0 Å². The van der Waals surface area contributed by atoms with Crippen LogP contribution < -0.4 is 11.1 Å². The van der Waals surface area contributed by atoms with Crippen LogP contribution in [0.5, 0.6) is 0 Å². The maximum Gasteiger partial charge on any atom is 0.225 e. The third-order valence-corrected chi connectivity index (χ3v) is 2.69. The van der Waals surface area contributed by atoms with Gasteiger partial charge in [-0.2, -0.15) is 0 Å². The van der Waals surface area contributed by atoms with E-state index in [1.54, 1.807) is 0 Å². The molecule has 0 radical (unpaired) electrons. The molecule has 0 aromatic heterocycles. The SMILES string of the molecule is NCCC(=O)Nc1cccc(SS)c1. The predicted molar refractivity (Wildman–Crippen MR) is 63.6 cm³/mol. The van der Waals surface area contributed by atoms with Crippen LogP contribution >= 0.6 is 22.5 Å². The minimum atomic E-state index is -0.0613. The van der Waals surface area contributed by atoms with Crippen LogP contribution in [0.25, 0.3) is 0 Å². The second-order valence-corrected chi connectivity index (χ2v) is 3.91. The fourth-order valence-electron chi connectivity index (χ4n) is 0.985. The molecule has 0 bridgehead atoms. The zero-order valence-corrected chi connectivity index (χ0v) is 9.28. The highest BCUT2D eigenvalue weighted by Crippen LogP contribution is 2.23. The van der Waals surface area contributed by atoms with E-state index in [2.05, 4.69) is 17.0 Å². The maximum atomic E-state index is 11.2. The number of hydrogen-bond acceptors (Lipinski definition) is 4. The molecule has 1 amide bonds. The lowest BCUT2D eigenvalue weighted by atomic mass is 10.3. The van der Waals surface area contributed by atoms with Crippen LogP contribution in [0.1, 0.15) is 6.42 Å². The summed E-state index contributed by atoms with van der Waals surface area (Å²) in [7, 11) is 1.34. The molecule has 0 aliphatic rings. The first kappa shape index (κ1) is 11.4. The van der Waals surface area contributed by atoms with E-state index >= 15 is 0 Å². The second kappa shape index (κ2) is 5.95.